The van der Waals surface area contributed by atoms with E-state index < -0.39 is 5.97 Å². The normalized spacial score (nSPS) is 21.6. The van der Waals surface area contributed by atoms with E-state index in [-0.39, 0.29) is 17.9 Å². The maximum atomic E-state index is 11.9. The molecule has 0 aromatic heterocycles. The molecule has 1 amide bonds. The Morgan fingerprint density at radius 2 is 1.95 bits per heavy atom. The first-order chi connectivity index (χ1) is 9.54. The molecule has 1 aromatic rings. The number of carboxylic acid groups (broad SMARTS) is 1. The first-order valence-electron chi connectivity index (χ1n) is 7.12. The van der Waals surface area contributed by atoms with Gasteiger partial charge in [-0.25, -0.2) is 0 Å². The van der Waals surface area contributed by atoms with Gasteiger partial charge in [-0.15, -0.1) is 0 Å². The van der Waals surface area contributed by atoms with Crippen molar-refractivity contribution < 1.29 is 14.7 Å². The molecule has 4 heteroatoms. The first kappa shape index (κ1) is 14.6. The van der Waals surface area contributed by atoms with E-state index in [0.29, 0.717) is 19.3 Å². The quantitative estimate of drug-likeness (QED) is 0.866. The third-order valence-corrected chi connectivity index (χ3v) is 3.91. The Hall–Kier alpha value is -1.84. The summed E-state index contributed by atoms with van der Waals surface area (Å²) in [4.78, 5) is 22.7. The Morgan fingerprint density at radius 1 is 1.25 bits per heavy atom. The average molecular weight is 275 g/mol. The topological polar surface area (TPSA) is 66.4 Å². The van der Waals surface area contributed by atoms with Crippen molar-refractivity contribution in [1.29, 1.82) is 0 Å². The predicted molar refractivity (Wildman–Crippen MR) is 76.4 cm³/mol. The number of hydrogen-bond donors (Lipinski definition) is 2. The van der Waals surface area contributed by atoms with Gasteiger partial charge in [-0.05, 0) is 38.2 Å². The smallest absolute Gasteiger partial charge is 0.306 e. The summed E-state index contributed by atoms with van der Waals surface area (Å²) in [5, 5.41) is 11.9. The molecular formula is C16H21NO3. The molecule has 0 aliphatic heterocycles. The molecular weight excluding hydrogens is 254 g/mol. The lowest BCUT2D eigenvalue weighted by atomic mass is 10.1. The van der Waals surface area contributed by atoms with Crippen molar-refractivity contribution in [1.82, 2.24) is 5.32 Å². The fourth-order valence-electron chi connectivity index (χ4n) is 2.65. The van der Waals surface area contributed by atoms with Crippen LogP contribution in [0.2, 0.25) is 0 Å². The van der Waals surface area contributed by atoms with Gasteiger partial charge in [0.25, 0.3) is 0 Å². The molecule has 0 saturated heterocycles. The second-order valence-electron chi connectivity index (χ2n) is 5.60. The minimum Gasteiger partial charge on any atom is -0.481 e. The summed E-state index contributed by atoms with van der Waals surface area (Å²) in [6.07, 6.45) is 3.18. The summed E-state index contributed by atoms with van der Waals surface area (Å²) < 4.78 is 0. The van der Waals surface area contributed by atoms with Crippen molar-refractivity contribution in [3.8, 4) is 0 Å². The van der Waals surface area contributed by atoms with Gasteiger partial charge in [-0.2, -0.15) is 0 Å². The van der Waals surface area contributed by atoms with Crippen LogP contribution in [-0.2, 0) is 16.0 Å². The lowest BCUT2D eigenvalue weighted by Crippen LogP contribution is -2.33. The Labute approximate surface area is 119 Å². The average Bonchev–Trinajstić information content (AvgIpc) is 2.87. The van der Waals surface area contributed by atoms with E-state index in [4.69, 9.17) is 5.11 Å². The minimum atomic E-state index is -0.749. The molecule has 0 radical (unpaired) electrons. The number of nitrogens with one attached hydrogen (secondary N) is 1. The molecule has 108 valence electrons. The zero-order valence-electron chi connectivity index (χ0n) is 11.8. The molecule has 0 heterocycles. The maximum absolute atomic E-state index is 11.9. The number of carboxylic acids is 1. The van der Waals surface area contributed by atoms with E-state index in [0.717, 1.165) is 18.4 Å². The van der Waals surface area contributed by atoms with Crippen molar-refractivity contribution in [3.05, 3.63) is 35.4 Å². The molecule has 20 heavy (non-hydrogen) atoms. The Bertz CT molecular complexity index is 481. The highest BCUT2D eigenvalue weighted by atomic mass is 16.4. The van der Waals surface area contributed by atoms with Gasteiger partial charge in [-0.1, -0.05) is 29.8 Å². The van der Waals surface area contributed by atoms with Gasteiger partial charge in [0.05, 0.1) is 5.92 Å². The van der Waals surface area contributed by atoms with E-state index in [1.807, 2.05) is 31.2 Å². The van der Waals surface area contributed by atoms with E-state index in [1.54, 1.807) is 0 Å². The molecule has 2 N–H and O–H groups in total. The summed E-state index contributed by atoms with van der Waals surface area (Å²) in [5.41, 5.74) is 2.37. The monoisotopic (exact) mass is 275 g/mol. The van der Waals surface area contributed by atoms with E-state index in [1.165, 1.54) is 5.56 Å². The second-order valence-corrected chi connectivity index (χ2v) is 5.60. The summed E-state index contributed by atoms with van der Waals surface area (Å²) in [5.74, 6) is -1.03. The van der Waals surface area contributed by atoms with Gasteiger partial charge >= 0.3 is 5.97 Å². The predicted octanol–water partition coefficient (Wildman–Crippen LogP) is 2.30. The van der Waals surface area contributed by atoms with Crippen LogP contribution in [0, 0.1) is 12.8 Å². The summed E-state index contributed by atoms with van der Waals surface area (Å²) in [6.45, 7) is 2.04. The highest BCUT2D eigenvalue weighted by molar-refractivity contribution is 5.77. The standard InChI is InChI=1S/C16H21NO3/c1-11-2-4-12(5-3-11)6-9-15(18)17-14-8-7-13(10-14)16(19)20/h2-5,13-14H,6-10H2,1H3,(H,17,18)(H,19,20)/t13-,14+/m0/s1. The van der Waals surface area contributed by atoms with Crippen LogP contribution < -0.4 is 5.32 Å². The van der Waals surface area contributed by atoms with Gasteiger partial charge < -0.3 is 10.4 Å². The Morgan fingerprint density at radius 3 is 2.55 bits per heavy atom. The summed E-state index contributed by atoms with van der Waals surface area (Å²) in [6, 6.07) is 8.20. The molecule has 2 atom stereocenters. The van der Waals surface area contributed by atoms with Gasteiger partial charge in [0.2, 0.25) is 5.91 Å². The maximum Gasteiger partial charge on any atom is 0.306 e. The second kappa shape index (κ2) is 6.55. The van der Waals surface area contributed by atoms with Crippen LogP contribution in [0.4, 0.5) is 0 Å². The largest absolute Gasteiger partial charge is 0.481 e. The SMILES string of the molecule is Cc1ccc(CCC(=O)N[C@@H]2CC[C@H](C(=O)O)C2)cc1. The van der Waals surface area contributed by atoms with Crippen LogP contribution in [0.3, 0.4) is 0 Å². The molecule has 1 fully saturated rings. The molecule has 0 unspecified atom stereocenters. The third kappa shape index (κ3) is 4.08. The van der Waals surface area contributed by atoms with Crippen LogP contribution in [0.5, 0.6) is 0 Å². The lowest BCUT2D eigenvalue weighted by molar-refractivity contribution is -0.141. The molecule has 2 rings (SSSR count). The zero-order chi connectivity index (χ0) is 14.5. The number of aryl methyl sites for hydroxylation is 2. The van der Waals surface area contributed by atoms with Crippen LogP contribution >= 0.6 is 0 Å². The highest BCUT2D eigenvalue weighted by Gasteiger charge is 2.30. The molecule has 1 aliphatic rings. The number of amides is 1. The van der Waals surface area contributed by atoms with Crippen LogP contribution in [0.1, 0.15) is 36.8 Å². The molecule has 0 spiro atoms. The van der Waals surface area contributed by atoms with Crippen molar-refractivity contribution in [3.63, 3.8) is 0 Å². The van der Waals surface area contributed by atoms with Crippen LogP contribution in [0.15, 0.2) is 24.3 Å². The van der Waals surface area contributed by atoms with Gasteiger partial charge in [0.1, 0.15) is 0 Å². The first-order valence-corrected chi connectivity index (χ1v) is 7.12. The van der Waals surface area contributed by atoms with Gasteiger partial charge in [0.15, 0.2) is 0 Å². The van der Waals surface area contributed by atoms with E-state index in [2.05, 4.69) is 5.32 Å². The highest BCUT2D eigenvalue weighted by Crippen LogP contribution is 2.25. The summed E-state index contributed by atoms with van der Waals surface area (Å²) in [7, 11) is 0. The Kier molecular flexibility index (Phi) is 4.77. The number of carbonyl (C=O) groups is 2. The van der Waals surface area contributed by atoms with Crippen LogP contribution in [-0.4, -0.2) is 23.0 Å². The molecule has 0 bridgehead atoms. The van der Waals surface area contributed by atoms with Crippen molar-refractivity contribution >= 4 is 11.9 Å². The molecule has 4 nitrogen and oxygen atoms in total. The van der Waals surface area contributed by atoms with Crippen LogP contribution in [0.25, 0.3) is 0 Å². The number of rotatable bonds is 5. The van der Waals surface area contributed by atoms with Crippen molar-refractivity contribution in [2.75, 3.05) is 0 Å². The number of hydrogen-bond acceptors (Lipinski definition) is 2. The summed E-state index contributed by atoms with van der Waals surface area (Å²) >= 11 is 0. The van der Waals surface area contributed by atoms with Gasteiger partial charge in [0, 0.05) is 12.5 Å². The fourth-order valence-corrected chi connectivity index (χ4v) is 2.65. The molecule has 1 aliphatic carbocycles. The number of benzene rings is 1. The number of carbonyl (C=O) groups excluding carboxylic acids is 1. The zero-order valence-corrected chi connectivity index (χ0v) is 11.8. The van der Waals surface area contributed by atoms with E-state index in [9.17, 15) is 9.59 Å². The van der Waals surface area contributed by atoms with Crippen molar-refractivity contribution in [2.45, 2.75) is 45.1 Å². The van der Waals surface area contributed by atoms with Gasteiger partial charge in [-0.3, -0.25) is 9.59 Å². The molecule has 1 aromatic carbocycles. The third-order valence-electron chi connectivity index (χ3n) is 3.91. The lowest BCUT2D eigenvalue weighted by Gasteiger charge is -2.12. The fraction of sp³-hybridized carbons (Fsp3) is 0.500. The molecule has 1 saturated carbocycles. The minimum absolute atomic E-state index is 0.0154. The van der Waals surface area contributed by atoms with E-state index >= 15 is 0 Å². The Balaban J connectivity index is 1.73. The number of aliphatic carboxylic acids is 1. The van der Waals surface area contributed by atoms with Crippen molar-refractivity contribution in [2.24, 2.45) is 5.92 Å².